The van der Waals surface area contributed by atoms with Crippen molar-refractivity contribution in [3.8, 4) is 0 Å². The van der Waals surface area contributed by atoms with Gasteiger partial charge in [0.1, 0.15) is 24.1 Å². The van der Waals surface area contributed by atoms with Crippen LogP contribution in [0.15, 0.2) is 78.9 Å². The lowest BCUT2D eigenvalue weighted by molar-refractivity contribution is -0.132. The second kappa shape index (κ2) is 12.9. The second-order valence-electron chi connectivity index (χ2n) is 9.95. The van der Waals surface area contributed by atoms with Crippen molar-refractivity contribution in [2.45, 2.75) is 52.0 Å². The van der Waals surface area contributed by atoms with E-state index in [4.69, 9.17) is 9.47 Å². The van der Waals surface area contributed by atoms with Crippen LogP contribution in [-0.2, 0) is 33.8 Å². The zero-order valence-electron chi connectivity index (χ0n) is 22.1. The highest BCUT2D eigenvalue weighted by Gasteiger charge is 2.26. The maximum Gasteiger partial charge on any atom is 0.408 e. The summed E-state index contributed by atoms with van der Waals surface area (Å²) in [6, 6.07) is 21.4. The number of halogens is 1. The molecule has 7 nitrogen and oxygen atoms in total. The standard InChI is InChI=1S/C30H33FN2O5/c1-30(2,3)38-28(35)23-15-16-25(31)24(18-23)19-33(4)27(34)26(17-21-11-7-5-8-12-21)32-29(36)37-20-22-13-9-6-10-14-22/h5-16,18,26H,17,19-20H2,1-4H3,(H,32,36)/t26-/m1/s1. The van der Waals surface area contributed by atoms with E-state index in [0.29, 0.717) is 0 Å². The number of benzene rings is 3. The van der Waals surface area contributed by atoms with Gasteiger partial charge in [-0.05, 0) is 50.1 Å². The Morgan fingerprint density at radius 2 is 1.53 bits per heavy atom. The third kappa shape index (κ3) is 8.73. The number of nitrogens with one attached hydrogen (secondary N) is 1. The molecular formula is C30H33FN2O5. The third-order valence-corrected chi connectivity index (χ3v) is 5.55. The number of alkyl carbamates (subject to hydrolysis) is 1. The smallest absolute Gasteiger partial charge is 0.408 e. The quantitative estimate of drug-likeness (QED) is 0.388. The first-order valence-electron chi connectivity index (χ1n) is 12.3. The molecule has 0 saturated heterocycles. The predicted molar refractivity (Wildman–Crippen MR) is 142 cm³/mol. The van der Waals surface area contributed by atoms with E-state index >= 15 is 0 Å². The van der Waals surface area contributed by atoms with Crippen LogP contribution in [0.4, 0.5) is 9.18 Å². The van der Waals surface area contributed by atoms with E-state index in [-0.39, 0.29) is 30.7 Å². The normalized spacial score (nSPS) is 11.8. The molecule has 0 fully saturated rings. The maximum absolute atomic E-state index is 14.6. The van der Waals surface area contributed by atoms with E-state index in [9.17, 15) is 18.8 Å². The Kier molecular flexibility index (Phi) is 9.60. The van der Waals surface area contributed by atoms with Crippen LogP contribution in [0, 0.1) is 5.82 Å². The van der Waals surface area contributed by atoms with Gasteiger partial charge < -0.3 is 19.7 Å². The Hall–Kier alpha value is -4.20. The molecule has 0 unspecified atom stereocenters. The van der Waals surface area contributed by atoms with Gasteiger partial charge in [0.05, 0.1) is 5.56 Å². The summed E-state index contributed by atoms with van der Waals surface area (Å²) in [4.78, 5) is 39.8. The van der Waals surface area contributed by atoms with Gasteiger partial charge in [0.2, 0.25) is 5.91 Å². The second-order valence-corrected chi connectivity index (χ2v) is 9.95. The summed E-state index contributed by atoms with van der Waals surface area (Å²) in [5.41, 5.74) is 1.27. The van der Waals surface area contributed by atoms with Crippen LogP contribution >= 0.6 is 0 Å². The number of amides is 2. The average Bonchev–Trinajstić information content (AvgIpc) is 2.88. The van der Waals surface area contributed by atoms with Gasteiger partial charge in [-0.3, -0.25) is 4.79 Å². The van der Waals surface area contributed by atoms with Crippen LogP contribution in [-0.4, -0.2) is 41.6 Å². The molecule has 2 amide bonds. The van der Waals surface area contributed by atoms with Crippen molar-refractivity contribution in [1.29, 1.82) is 0 Å². The minimum absolute atomic E-state index is 0.0530. The Bertz CT molecular complexity index is 1240. The summed E-state index contributed by atoms with van der Waals surface area (Å²) in [5, 5.41) is 2.65. The van der Waals surface area contributed by atoms with Crippen molar-refractivity contribution in [3.05, 3.63) is 107 Å². The molecule has 0 aliphatic carbocycles. The molecule has 0 aliphatic rings. The van der Waals surface area contributed by atoms with Crippen molar-refractivity contribution < 1.29 is 28.2 Å². The highest BCUT2D eigenvalue weighted by Crippen LogP contribution is 2.18. The highest BCUT2D eigenvalue weighted by atomic mass is 19.1. The van der Waals surface area contributed by atoms with Gasteiger partial charge in [0.25, 0.3) is 0 Å². The number of esters is 1. The molecule has 0 radical (unpaired) electrons. The van der Waals surface area contributed by atoms with Gasteiger partial charge in [-0.25, -0.2) is 14.0 Å². The Morgan fingerprint density at radius 1 is 0.921 bits per heavy atom. The molecule has 8 heteroatoms. The Balaban J connectivity index is 1.73. The van der Waals surface area contributed by atoms with E-state index in [0.717, 1.165) is 11.1 Å². The van der Waals surface area contributed by atoms with E-state index in [1.165, 1.54) is 30.1 Å². The van der Waals surface area contributed by atoms with Crippen LogP contribution in [0.2, 0.25) is 0 Å². The highest BCUT2D eigenvalue weighted by molar-refractivity contribution is 5.90. The molecule has 0 bridgehead atoms. The van der Waals surface area contributed by atoms with Crippen molar-refractivity contribution in [2.75, 3.05) is 7.05 Å². The largest absolute Gasteiger partial charge is 0.456 e. The molecule has 38 heavy (non-hydrogen) atoms. The Morgan fingerprint density at radius 3 is 2.13 bits per heavy atom. The van der Waals surface area contributed by atoms with Crippen LogP contribution in [0.3, 0.4) is 0 Å². The van der Waals surface area contributed by atoms with Gasteiger partial charge >= 0.3 is 12.1 Å². The number of hydrogen-bond donors (Lipinski definition) is 1. The summed E-state index contributed by atoms with van der Waals surface area (Å²) >= 11 is 0. The average molecular weight is 521 g/mol. The summed E-state index contributed by atoms with van der Waals surface area (Å²) < 4.78 is 25.3. The summed E-state index contributed by atoms with van der Waals surface area (Å²) in [6.45, 7) is 5.16. The third-order valence-electron chi connectivity index (χ3n) is 5.55. The minimum atomic E-state index is -0.956. The van der Waals surface area contributed by atoms with Gasteiger partial charge in [-0.15, -0.1) is 0 Å². The molecule has 3 aromatic carbocycles. The van der Waals surface area contributed by atoms with E-state index in [2.05, 4.69) is 5.32 Å². The number of carbonyl (C=O) groups excluding carboxylic acids is 3. The van der Waals surface area contributed by atoms with Crippen LogP contribution < -0.4 is 5.32 Å². The number of likely N-dealkylation sites (N-methyl/N-ethyl adjacent to an activating group) is 1. The van der Waals surface area contributed by atoms with Crippen molar-refractivity contribution in [3.63, 3.8) is 0 Å². The van der Waals surface area contributed by atoms with Gasteiger partial charge in [-0.2, -0.15) is 0 Å². The first-order chi connectivity index (χ1) is 18.0. The van der Waals surface area contributed by atoms with E-state index in [1.807, 2.05) is 60.7 Å². The van der Waals surface area contributed by atoms with E-state index in [1.54, 1.807) is 20.8 Å². The summed E-state index contributed by atoms with van der Waals surface area (Å²) in [7, 11) is 1.51. The predicted octanol–water partition coefficient (Wildman–Crippen LogP) is 5.28. The molecule has 0 heterocycles. The van der Waals surface area contributed by atoms with Crippen LogP contribution in [0.5, 0.6) is 0 Å². The molecule has 0 saturated carbocycles. The molecule has 0 aliphatic heterocycles. The number of hydrogen-bond acceptors (Lipinski definition) is 5. The monoisotopic (exact) mass is 520 g/mol. The van der Waals surface area contributed by atoms with Gasteiger partial charge in [-0.1, -0.05) is 60.7 Å². The maximum atomic E-state index is 14.6. The van der Waals surface area contributed by atoms with Crippen molar-refractivity contribution in [2.24, 2.45) is 0 Å². The molecule has 0 aromatic heterocycles. The number of nitrogens with zero attached hydrogens (tertiary/aromatic N) is 1. The van der Waals surface area contributed by atoms with Crippen LogP contribution in [0.25, 0.3) is 0 Å². The van der Waals surface area contributed by atoms with Gasteiger partial charge in [0, 0.05) is 25.6 Å². The zero-order valence-corrected chi connectivity index (χ0v) is 22.1. The van der Waals surface area contributed by atoms with Crippen molar-refractivity contribution >= 4 is 18.0 Å². The molecule has 1 atom stereocenters. The van der Waals surface area contributed by atoms with Crippen molar-refractivity contribution in [1.82, 2.24) is 10.2 Å². The lowest BCUT2D eigenvalue weighted by Gasteiger charge is -2.25. The minimum Gasteiger partial charge on any atom is -0.456 e. The fraction of sp³-hybridized carbons (Fsp3) is 0.300. The molecule has 200 valence electrons. The number of ether oxygens (including phenoxy) is 2. The summed E-state index contributed by atoms with van der Waals surface area (Å²) in [5.74, 6) is -1.59. The SMILES string of the molecule is CN(Cc1cc(C(=O)OC(C)(C)C)ccc1F)C(=O)[C@@H](Cc1ccccc1)NC(=O)OCc1ccccc1. The molecular weight excluding hydrogens is 487 g/mol. The lowest BCUT2D eigenvalue weighted by atomic mass is 10.0. The molecule has 1 N–H and O–H groups in total. The topological polar surface area (TPSA) is 84.9 Å². The molecule has 0 spiro atoms. The first-order valence-corrected chi connectivity index (χ1v) is 12.3. The number of rotatable bonds is 9. The Labute approximate surface area is 222 Å². The van der Waals surface area contributed by atoms with Crippen LogP contribution in [0.1, 0.15) is 47.8 Å². The first kappa shape index (κ1) is 28.4. The lowest BCUT2D eigenvalue weighted by Crippen LogP contribution is -2.48. The molecule has 3 rings (SSSR count). The fourth-order valence-corrected chi connectivity index (χ4v) is 3.72. The fourth-order valence-electron chi connectivity index (χ4n) is 3.72. The molecule has 3 aromatic rings. The van der Waals surface area contributed by atoms with E-state index < -0.39 is 35.4 Å². The summed E-state index contributed by atoms with van der Waals surface area (Å²) in [6.07, 6.45) is -0.528. The zero-order chi connectivity index (χ0) is 27.7. The van der Waals surface area contributed by atoms with Gasteiger partial charge in [0.15, 0.2) is 0 Å². The number of carbonyl (C=O) groups is 3.